The van der Waals surface area contributed by atoms with Crippen LogP contribution in [0.3, 0.4) is 0 Å². The van der Waals surface area contributed by atoms with Crippen LogP contribution in [0, 0.1) is 19.8 Å². The molecule has 1 heterocycles. The molecule has 154 valence electrons. The number of piperidine rings is 1. The fraction of sp³-hybridized carbons (Fsp3) is 0.364. The first-order valence-corrected chi connectivity index (χ1v) is 10.4. The zero-order valence-corrected chi connectivity index (χ0v) is 18.1. The molecule has 29 heavy (non-hydrogen) atoms. The number of likely N-dealkylation sites (tertiary alicyclic amines) is 1. The Morgan fingerprint density at radius 3 is 2.21 bits per heavy atom. The lowest BCUT2D eigenvalue weighted by molar-refractivity contribution is -0.121. The minimum atomic E-state index is -0.0804. The first-order chi connectivity index (χ1) is 13.8. The van der Waals surface area contributed by atoms with Crippen LogP contribution >= 0.6 is 23.2 Å². The highest BCUT2D eigenvalue weighted by Crippen LogP contribution is 2.26. The lowest BCUT2D eigenvalue weighted by Crippen LogP contribution is -2.41. The monoisotopic (exact) mass is 433 g/mol. The molecule has 2 N–H and O–H groups in total. The number of benzene rings is 2. The fourth-order valence-electron chi connectivity index (χ4n) is 3.62. The number of nitrogens with zero attached hydrogens (tertiary/aromatic N) is 1. The molecule has 0 atom stereocenters. The number of amides is 2. The summed E-state index contributed by atoms with van der Waals surface area (Å²) in [5.41, 5.74) is 3.70. The number of carbonyl (C=O) groups is 2. The van der Waals surface area contributed by atoms with Crippen LogP contribution in [-0.4, -0.2) is 36.3 Å². The van der Waals surface area contributed by atoms with E-state index in [9.17, 15) is 9.59 Å². The molecule has 1 aliphatic rings. The molecule has 0 radical (unpaired) electrons. The van der Waals surface area contributed by atoms with Crippen molar-refractivity contribution in [1.82, 2.24) is 4.90 Å². The zero-order valence-electron chi connectivity index (χ0n) is 16.6. The first kappa shape index (κ1) is 21.6. The fourth-order valence-corrected chi connectivity index (χ4v) is 3.92. The average Bonchev–Trinajstić information content (AvgIpc) is 2.64. The maximum atomic E-state index is 12.5. The van der Waals surface area contributed by atoms with Gasteiger partial charge >= 0.3 is 0 Å². The number of anilines is 2. The van der Waals surface area contributed by atoms with E-state index in [2.05, 4.69) is 21.6 Å². The highest BCUT2D eigenvalue weighted by molar-refractivity contribution is 6.42. The Bertz CT molecular complexity index is 889. The lowest BCUT2D eigenvalue weighted by atomic mass is 9.96. The number of hydrogen-bond donors (Lipinski definition) is 2. The minimum absolute atomic E-state index is 0.0253. The van der Waals surface area contributed by atoms with E-state index in [1.165, 1.54) is 0 Å². The van der Waals surface area contributed by atoms with Gasteiger partial charge in [-0.3, -0.25) is 14.5 Å². The molecule has 0 aromatic heterocycles. The van der Waals surface area contributed by atoms with Crippen molar-refractivity contribution in [2.24, 2.45) is 5.92 Å². The molecular formula is C22H25Cl2N3O2. The van der Waals surface area contributed by atoms with Crippen molar-refractivity contribution in [1.29, 1.82) is 0 Å². The Hall–Kier alpha value is -2.08. The van der Waals surface area contributed by atoms with E-state index in [4.69, 9.17) is 23.2 Å². The largest absolute Gasteiger partial charge is 0.326 e. The minimum Gasteiger partial charge on any atom is -0.326 e. The Balaban J connectivity index is 1.46. The maximum absolute atomic E-state index is 12.5. The third-order valence-corrected chi connectivity index (χ3v) is 5.76. The first-order valence-electron chi connectivity index (χ1n) is 9.66. The van der Waals surface area contributed by atoms with Gasteiger partial charge < -0.3 is 10.6 Å². The molecule has 2 aromatic rings. The van der Waals surface area contributed by atoms with Gasteiger partial charge in [0.1, 0.15) is 0 Å². The van der Waals surface area contributed by atoms with Crippen LogP contribution in [-0.2, 0) is 9.59 Å². The summed E-state index contributed by atoms with van der Waals surface area (Å²) >= 11 is 11.9. The highest BCUT2D eigenvalue weighted by Gasteiger charge is 2.26. The molecule has 0 saturated carbocycles. The predicted molar refractivity (Wildman–Crippen MR) is 119 cm³/mol. The van der Waals surface area contributed by atoms with E-state index in [-0.39, 0.29) is 17.7 Å². The molecule has 7 heteroatoms. The molecule has 3 rings (SSSR count). The van der Waals surface area contributed by atoms with Crippen molar-refractivity contribution in [2.75, 3.05) is 30.3 Å². The molecule has 0 bridgehead atoms. The molecule has 1 fully saturated rings. The summed E-state index contributed by atoms with van der Waals surface area (Å²) in [5, 5.41) is 6.73. The van der Waals surface area contributed by atoms with E-state index in [1.807, 2.05) is 26.0 Å². The number of carbonyl (C=O) groups excluding carboxylic acids is 2. The van der Waals surface area contributed by atoms with Crippen molar-refractivity contribution in [3.05, 3.63) is 57.6 Å². The molecule has 5 nitrogen and oxygen atoms in total. The number of rotatable bonds is 5. The van der Waals surface area contributed by atoms with Gasteiger partial charge in [-0.25, -0.2) is 0 Å². The van der Waals surface area contributed by atoms with Crippen molar-refractivity contribution in [2.45, 2.75) is 26.7 Å². The summed E-state index contributed by atoms with van der Waals surface area (Å²) in [6, 6.07) is 11.0. The second-order valence-corrected chi connectivity index (χ2v) is 8.41. The predicted octanol–water partition coefficient (Wildman–Crippen LogP) is 4.90. The van der Waals surface area contributed by atoms with Crippen LogP contribution < -0.4 is 10.6 Å². The standard InChI is InChI=1S/C22H25Cl2N3O2/c1-14-9-15(2)11-18(10-14)25-21(28)13-27-7-5-16(6-8-27)22(29)26-17-3-4-19(23)20(24)12-17/h3-4,9-12,16H,5-8,13H2,1-2H3,(H,25,28)(H,26,29). The van der Waals surface area contributed by atoms with Crippen LogP contribution in [0.25, 0.3) is 0 Å². The van der Waals surface area contributed by atoms with Crippen molar-refractivity contribution < 1.29 is 9.59 Å². The van der Waals surface area contributed by atoms with E-state index < -0.39 is 0 Å². The molecule has 0 spiro atoms. The van der Waals surface area contributed by atoms with Gasteiger partial charge in [-0.05, 0) is 81.2 Å². The topological polar surface area (TPSA) is 61.4 Å². The molecule has 2 amide bonds. The van der Waals surface area contributed by atoms with Gasteiger partial charge in [-0.2, -0.15) is 0 Å². The summed E-state index contributed by atoms with van der Waals surface area (Å²) in [6.07, 6.45) is 1.42. The van der Waals surface area contributed by atoms with E-state index >= 15 is 0 Å². The normalized spacial score (nSPS) is 15.2. The summed E-state index contributed by atoms with van der Waals surface area (Å²) in [6.45, 7) is 5.76. The third kappa shape index (κ3) is 6.20. The van der Waals surface area contributed by atoms with Crippen LogP contribution in [0.2, 0.25) is 10.0 Å². The Morgan fingerprint density at radius 2 is 1.59 bits per heavy atom. The van der Waals surface area contributed by atoms with Gasteiger partial charge in [0.15, 0.2) is 0 Å². The van der Waals surface area contributed by atoms with Gasteiger partial charge in [-0.1, -0.05) is 29.3 Å². The van der Waals surface area contributed by atoms with E-state index in [0.29, 0.717) is 48.2 Å². The van der Waals surface area contributed by atoms with Crippen LogP contribution in [0.1, 0.15) is 24.0 Å². The Labute approximate surface area is 181 Å². The molecule has 0 unspecified atom stereocenters. The number of halogens is 2. The number of hydrogen-bond acceptors (Lipinski definition) is 3. The van der Waals surface area contributed by atoms with Gasteiger partial charge in [0.25, 0.3) is 0 Å². The smallest absolute Gasteiger partial charge is 0.238 e. The molecule has 1 aliphatic heterocycles. The van der Waals surface area contributed by atoms with Gasteiger partial charge in [0, 0.05) is 17.3 Å². The molecule has 0 aliphatic carbocycles. The van der Waals surface area contributed by atoms with Crippen molar-refractivity contribution >= 4 is 46.4 Å². The van der Waals surface area contributed by atoms with Crippen molar-refractivity contribution in [3.8, 4) is 0 Å². The molecular weight excluding hydrogens is 409 g/mol. The second kappa shape index (κ2) is 9.61. The summed E-state index contributed by atoms with van der Waals surface area (Å²) in [5.74, 6) is -0.139. The summed E-state index contributed by atoms with van der Waals surface area (Å²) in [7, 11) is 0. The average molecular weight is 434 g/mol. The third-order valence-electron chi connectivity index (χ3n) is 5.02. The Morgan fingerprint density at radius 1 is 0.931 bits per heavy atom. The maximum Gasteiger partial charge on any atom is 0.238 e. The van der Waals surface area contributed by atoms with Crippen LogP contribution in [0.4, 0.5) is 11.4 Å². The van der Waals surface area contributed by atoms with Crippen LogP contribution in [0.5, 0.6) is 0 Å². The van der Waals surface area contributed by atoms with Crippen LogP contribution in [0.15, 0.2) is 36.4 Å². The molecule has 1 saturated heterocycles. The highest BCUT2D eigenvalue weighted by atomic mass is 35.5. The van der Waals surface area contributed by atoms with Gasteiger partial charge in [0.2, 0.25) is 11.8 Å². The second-order valence-electron chi connectivity index (χ2n) is 7.59. The quantitative estimate of drug-likeness (QED) is 0.704. The Kier molecular flexibility index (Phi) is 7.17. The van der Waals surface area contributed by atoms with Gasteiger partial charge in [-0.15, -0.1) is 0 Å². The number of nitrogens with one attached hydrogen (secondary N) is 2. The van der Waals surface area contributed by atoms with E-state index in [1.54, 1.807) is 18.2 Å². The van der Waals surface area contributed by atoms with Crippen molar-refractivity contribution in [3.63, 3.8) is 0 Å². The number of aryl methyl sites for hydroxylation is 2. The summed E-state index contributed by atoms with van der Waals surface area (Å²) < 4.78 is 0. The zero-order chi connectivity index (χ0) is 21.0. The molecule has 2 aromatic carbocycles. The lowest BCUT2D eigenvalue weighted by Gasteiger charge is -2.30. The van der Waals surface area contributed by atoms with Gasteiger partial charge in [0.05, 0.1) is 16.6 Å². The summed E-state index contributed by atoms with van der Waals surface area (Å²) in [4.78, 5) is 27.0. The SMILES string of the molecule is Cc1cc(C)cc(NC(=O)CN2CCC(C(=O)Nc3ccc(Cl)c(Cl)c3)CC2)c1. The van der Waals surface area contributed by atoms with E-state index in [0.717, 1.165) is 16.8 Å².